The Hall–Kier alpha value is -3.09. The molecule has 0 spiro atoms. The predicted octanol–water partition coefficient (Wildman–Crippen LogP) is 3.40. The molecule has 2 amide bonds. The van der Waals surface area contributed by atoms with Crippen LogP contribution < -0.4 is 5.32 Å². The summed E-state index contributed by atoms with van der Waals surface area (Å²) in [7, 11) is 0. The second-order valence-corrected chi connectivity index (χ2v) is 8.14. The minimum atomic E-state index is -0.499. The van der Waals surface area contributed by atoms with Crippen LogP contribution in [0.4, 0.5) is 4.79 Å². The first kappa shape index (κ1) is 20.6. The van der Waals surface area contributed by atoms with E-state index < -0.39 is 5.60 Å². The van der Waals surface area contributed by atoms with Crippen LogP contribution in [0.15, 0.2) is 48.8 Å². The van der Waals surface area contributed by atoms with E-state index in [1.54, 1.807) is 21.9 Å². The molecule has 1 saturated heterocycles. The number of hydrogen-bond acceptors (Lipinski definition) is 4. The Labute approximate surface area is 171 Å². The van der Waals surface area contributed by atoms with E-state index in [9.17, 15) is 9.59 Å². The lowest BCUT2D eigenvalue weighted by atomic mass is 10.1. The van der Waals surface area contributed by atoms with Crippen molar-refractivity contribution in [2.75, 3.05) is 13.1 Å². The highest BCUT2D eigenvalue weighted by Crippen LogP contribution is 2.15. The summed E-state index contributed by atoms with van der Waals surface area (Å²) in [6, 6.07) is 9.85. The Kier molecular flexibility index (Phi) is 6.36. The predicted molar refractivity (Wildman–Crippen MR) is 112 cm³/mol. The van der Waals surface area contributed by atoms with E-state index in [1.807, 2.05) is 57.3 Å². The largest absolute Gasteiger partial charge is 0.444 e. The number of carbonyl (C=O) groups is 2. The first-order chi connectivity index (χ1) is 13.8. The van der Waals surface area contributed by atoms with E-state index in [-0.39, 0.29) is 18.0 Å². The SMILES string of the molecule is CC(C)(C)OC(=O)N1CCC(NC(=O)/C=C/c2cnn(-c3ccccc3)c2)CC1. The van der Waals surface area contributed by atoms with Crippen molar-refractivity contribution >= 4 is 18.1 Å². The molecule has 2 aromatic rings. The Bertz CT molecular complexity index is 860. The van der Waals surface area contributed by atoms with E-state index in [2.05, 4.69) is 10.4 Å². The number of nitrogens with one attached hydrogen (secondary N) is 1. The van der Waals surface area contributed by atoms with Crippen molar-refractivity contribution in [3.8, 4) is 5.69 Å². The lowest BCUT2D eigenvalue weighted by Gasteiger charge is -2.33. The molecular weight excluding hydrogens is 368 g/mol. The van der Waals surface area contributed by atoms with Gasteiger partial charge in [-0.05, 0) is 51.8 Å². The molecule has 0 atom stereocenters. The van der Waals surface area contributed by atoms with Gasteiger partial charge in [-0.2, -0.15) is 5.10 Å². The molecule has 7 nitrogen and oxygen atoms in total. The summed E-state index contributed by atoms with van der Waals surface area (Å²) < 4.78 is 7.16. The summed E-state index contributed by atoms with van der Waals surface area (Å²) in [6.45, 7) is 6.72. The molecule has 0 saturated carbocycles. The van der Waals surface area contributed by atoms with Gasteiger partial charge in [0.05, 0.1) is 11.9 Å². The maximum absolute atomic E-state index is 12.2. The lowest BCUT2D eigenvalue weighted by Crippen LogP contribution is -2.47. The molecule has 1 N–H and O–H groups in total. The Morgan fingerprint density at radius 1 is 1.17 bits per heavy atom. The molecule has 3 rings (SSSR count). The third-order valence-corrected chi connectivity index (χ3v) is 4.54. The molecular formula is C22H28N4O3. The second kappa shape index (κ2) is 8.94. The van der Waals surface area contributed by atoms with Gasteiger partial charge in [-0.1, -0.05) is 18.2 Å². The number of aromatic nitrogens is 2. The number of benzene rings is 1. The molecule has 1 aromatic heterocycles. The molecule has 1 aliphatic heterocycles. The maximum Gasteiger partial charge on any atom is 0.410 e. The van der Waals surface area contributed by atoms with Gasteiger partial charge in [0, 0.05) is 37.0 Å². The summed E-state index contributed by atoms with van der Waals surface area (Å²) >= 11 is 0. The molecule has 154 valence electrons. The monoisotopic (exact) mass is 396 g/mol. The number of hydrogen-bond donors (Lipinski definition) is 1. The number of para-hydroxylation sites is 1. The average molecular weight is 396 g/mol. The molecule has 0 unspecified atom stereocenters. The molecule has 2 heterocycles. The number of piperidine rings is 1. The molecule has 1 fully saturated rings. The topological polar surface area (TPSA) is 76.5 Å². The standard InChI is InChI=1S/C22H28N4O3/c1-22(2,3)29-21(28)25-13-11-18(12-14-25)24-20(27)10-9-17-15-23-26(16-17)19-7-5-4-6-8-19/h4-10,15-16,18H,11-14H2,1-3H3,(H,24,27)/b10-9+. The number of rotatable bonds is 4. The summed E-state index contributed by atoms with van der Waals surface area (Å²) in [5.41, 5.74) is 1.32. The molecule has 1 aromatic carbocycles. The van der Waals surface area contributed by atoms with Crippen LogP contribution in [0.25, 0.3) is 11.8 Å². The van der Waals surface area contributed by atoms with E-state index in [0.29, 0.717) is 25.9 Å². The van der Waals surface area contributed by atoms with Gasteiger partial charge in [0.2, 0.25) is 5.91 Å². The van der Waals surface area contributed by atoms with Gasteiger partial charge in [-0.15, -0.1) is 0 Å². The number of likely N-dealkylation sites (tertiary alicyclic amines) is 1. The molecule has 1 aliphatic rings. The van der Waals surface area contributed by atoms with Crippen LogP contribution in [0.1, 0.15) is 39.2 Å². The van der Waals surface area contributed by atoms with Crippen molar-refractivity contribution in [3.05, 3.63) is 54.4 Å². The lowest BCUT2D eigenvalue weighted by molar-refractivity contribution is -0.117. The van der Waals surface area contributed by atoms with Crippen LogP contribution in [0.2, 0.25) is 0 Å². The maximum atomic E-state index is 12.2. The molecule has 0 radical (unpaired) electrons. The summed E-state index contributed by atoms with van der Waals surface area (Å²) in [6.07, 6.45) is 7.99. The van der Waals surface area contributed by atoms with Gasteiger partial charge >= 0.3 is 6.09 Å². The van der Waals surface area contributed by atoms with Gasteiger partial charge in [-0.25, -0.2) is 9.48 Å². The van der Waals surface area contributed by atoms with Crippen LogP contribution in [0, 0.1) is 0 Å². The normalized spacial score (nSPS) is 15.5. The fourth-order valence-corrected chi connectivity index (χ4v) is 3.10. The third-order valence-electron chi connectivity index (χ3n) is 4.54. The van der Waals surface area contributed by atoms with Crippen LogP contribution >= 0.6 is 0 Å². The van der Waals surface area contributed by atoms with Gasteiger partial charge in [0.25, 0.3) is 0 Å². The second-order valence-electron chi connectivity index (χ2n) is 8.14. The van der Waals surface area contributed by atoms with E-state index >= 15 is 0 Å². The quantitative estimate of drug-likeness (QED) is 0.804. The zero-order valence-electron chi connectivity index (χ0n) is 17.2. The fraction of sp³-hybridized carbons (Fsp3) is 0.409. The molecule has 7 heteroatoms. The van der Waals surface area contributed by atoms with Crippen LogP contribution in [-0.2, 0) is 9.53 Å². The van der Waals surface area contributed by atoms with Gasteiger partial charge < -0.3 is 15.0 Å². The van der Waals surface area contributed by atoms with E-state index in [4.69, 9.17) is 4.74 Å². The number of nitrogens with zero attached hydrogens (tertiary/aromatic N) is 3. The smallest absolute Gasteiger partial charge is 0.410 e. The minimum absolute atomic E-state index is 0.0536. The Morgan fingerprint density at radius 2 is 1.86 bits per heavy atom. The third kappa shape index (κ3) is 6.20. The summed E-state index contributed by atoms with van der Waals surface area (Å²) in [4.78, 5) is 26.0. The van der Waals surface area contributed by atoms with Crippen molar-refractivity contribution in [1.82, 2.24) is 20.0 Å². The van der Waals surface area contributed by atoms with Crippen LogP contribution in [0.5, 0.6) is 0 Å². The van der Waals surface area contributed by atoms with E-state index in [1.165, 1.54) is 6.08 Å². The van der Waals surface area contributed by atoms with Crippen molar-refractivity contribution in [2.24, 2.45) is 0 Å². The highest BCUT2D eigenvalue weighted by atomic mass is 16.6. The van der Waals surface area contributed by atoms with Crippen molar-refractivity contribution in [3.63, 3.8) is 0 Å². The van der Waals surface area contributed by atoms with E-state index in [0.717, 1.165) is 11.3 Å². The van der Waals surface area contributed by atoms with Gasteiger partial charge in [0.15, 0.2) is 0 Å². The average Bonchev–Trinajstić information content (AvgIpc) is 3.15. The number of carbonyl (C=O) groups excluding carboxylic acids is 2. The number of amides is 2. The Morgan fingerprint density at radius 3 is 2.52 bits per heavy atom. The minimum Gasteiger partial charge on any atom is -0.444 e. The van der Waals surface area contributed by atoms with Crippen LogP contribution in [-0.4, -0.2) is 51.4 Å². The number of ether oxygens (including phenoxy) is 1. The first-order valence-electron chi connectivity index (χ1n) is 9.87. The van der Waals surface area contributed by atoms with Gasteiger partial charge in [0.1, 0.15) is 5.60 Å². The zero-order chi connectivity index (χ0) is 20.9. The zero-order valence-corrected chi connectivity index (χ0v) is 17.2. The molecule has 0 bridgehead atoms. The molecule has 29 heavy (non-hydrogen) atoms. The van der Waals surface area contributed by atoms with Crippen molar-refractivity contribution < 1.29 is 14.3 Å². The summed E-state index contributed by atoms with van der Waals surface area (Å²) in [5.74, 6) is -0.145. The van der Waals surface area contributed by atoms with Crippen LogP contribution in [0.3, 0.4) is 0 Å². The van der Waals surface area contributed by atoms with Crippen molar-refractivity contribution in [2.45, 2.75) is 45.3 Å². The highest BCUT2D eigenvalue weighted by molar-refractivity contribution is 5.91. The Balaban J connectivity index is 1.46. The summed E-state index contributed by atoms with van der Waals surface area (Å²) in [5, 5.41) is 7.32. The van der Waals surface area contributed by atoms with Gasteiger partial charge in [-0.3, -0.25) is 4.79 Å². The first-order valence-corrected chi connectivity index (χ1v) is 9.87. The molecule has 0 aliphatic carbocycles. The fourth-order valence-electron chi connectivity index (χ4n) is 3.10. The van der Waals surface area contributed by atoms with Crippen molar-refractivity contribution in [1.29, 1.82) is 0 Å². The highest BCUT2D eigenvalue weighted by Gasteiger charge is 2.27.